The molecular formula is C106H66F6N4S. The fourth-order valence-electron chi connectivity index (χ4n) is 18.6. The number of rotatable bonds is 14. The number of nitrogens with zero attached hydrogens (tertiary/aromatic N) is 4. The third-order valence-electron chi connectivity index (χ3n) is 24.0. The van der Waals surface area contributed by atoms with Crippen LogP contribution in [0.3, 0.4) is 0 Å². The van der Waals surface area contributed by atoms with Gasteiger partial charge in [0, 0.05) is 33.4 Å². The quantitative estimate of drug-likeness (QED) is 0.102. The SMILES string of the molecule is FC(F)(F)c1ccc(-c2ccc(N(c3ccc(C(F)(F)F)cc3)c3ccc(-c4ccc(-n5c6ccc(-c7ccc(-c8ccc9c(c8)C(c8ccccc8)(c8ccccc8)c8ccccc8-9)cc7)cc6c6cc(-c7ccc(-c8ccc9c(c8)C(c8ccccc8)(c8ccccc8)c8ccccc8-9)cc7)ccc65)cc4)c4nsnc34)cc2)cc1. The molecule has 0 amide bonds. The van der Waals surface area contributed by atoms with Gasteiger partial charge in [0.15, 0.2) is 0 Å². The summed E-state index contributed by atoms with van der Waals surface area (Å²) in [6.07, 6.45) is -9.06. The molecule has 117 heavy (non-hydrogen) atoms. The maximum atomic E-state index is 14.1. The molecule has 4 nitrogen and oxygen atoms in total. The van der Waals surface area contributed by atoms with E-state index in [4.69, 9.17) is 8.75 Å². The van der Waals surface area contributed by atoms with Gasteiger partial charge in [-0.3, -0.25) is 0 Å². The van der Waals surface area contributed by atoms with E-state index in [2.05, 4.69) is 320 Å². The van der Waals surface area contributed by atoms with E-state index < -0.39 is 34.3 Å². The van der Waals surface area contributed by atoms with Crippen LogP contribution in [-0.2, 0) is 23.2 Å². The summed E-state index contributed by atoms with van der Waals surface area (Å²) in [7, 11) is 0. The highest BCUT2D eigenvalue weighted by molar-refractivity contribution is 7.00. The lowest BCUT2D eigenvalue weighted by atomic mass is 9.67. The summed E-state index contributed by atoms with van der Waals surface area (Å²) in [4.78, 5) is 1.82. The minimum absolute atomic E-state index is 0.429. The highest BCUT2D eigenvalue weighted by Crippen LogP contribution is 2.59. The zero-order valence-corrected chi connectivity index (χ0v) is 63.4. The number of benzene rings is 17. The summed E-state index contributed by atoms with van der Waals surface area (Å²) in [6.45, 7) is 0. The molecule has 0 N–H and O–H groups in total. The Balaban J connectivity index is 0.652. The van der Waals surface area contributed by atoms with Crippen LogP contribution < -0.4 is 4.90 Å². The number of hydrogen-bond donors (Lipinski definition) is 0. The first-order valence-electron chi connectivity index (χ1n) is 38.9. The molecule has 2 aromatic heterocycles. The second kappa shape index (κ2) is 27.8. The van der Waals surface area contributed by atoms with Crippen molar-refractivity contribution in [2.75, 3.05) is 4.90 Å². The average Bonchev–Trinajstić information content (AvgIpc) is 1.55. The van der Waals surface area contributed by atoms with Crippen molar-refractivity contribution in [3.63, 3.8) is 0 Å². The molecule has 2 aliphatic carbocycles. The van der Waals surface area contributed by atoms with Gasteiger partial charge in [0.2, 0.25) is 0 Å². The van der Waals surface area contributed by atoms with E-state index in [1.165, 1.54) is 91.0 Å². The smallest absolute Gasteiger partial charge is 0.309 e. The third kappa shape index (κ3) is 11.7. The molecule has 0 fully saturated rings. The minimum atomic E-state index is -4.57. The Hall–Kier alpha value is -14.3. The van der Waals surface area contributed by atoms with Crippen molar-refractivity contribution >= 4 is 61.6 Å². The zero-order valence-electron chi connectivity index (χ0n) is 62.6. The van der Waals surface area contributed by atoms with Crippen molar-refractivity contribution in [1.29, 1.82) is 0 Å². The topological polar surface area (TPSA) is 34.0 Å². The first-order chi connectivity index (χ1) is 57.2. The summed E-state index contributed by atoms with van der Waals surface area (Å²) in [5.41, 5.74) is 29.7. The van der Waals surface area contributed by atoms with Crippen LogP contribution in [0.4, 0.5) is 43.4 Å². The van der Waals surface area contributed by atoms with Gasteiger partial charge >= 0.3 is 12.4 Å². The van der Waals surface area contributed by atoms with E-state index in [0.29, 0.717) is 39.2 Å². The molecule has 0 unspecified atom stereocenters. The van der Waals surface area contributed by atoms with E-state index >= 15 is 0 Å². The van der Waals surface area contributed by atoms with E-state index in [-0.39, 0.29) is 0 Å². The Kier molecular flexibility index (Phi) is 16.8. The molecule has 2 heterocycles. The number of halogens is 6. The highest BCUT2D eigenvalue weighted by atomic mass is 32.1. The van der Waals surface area contributed by atoms with E-state index in [0.717, 1.165) is 119 Å². The Morgan fingerprint density at radius 2 is 0.564 bits per heavy atom. The Morgan fingerprint density at radius 3 is 0.983 bits per heavy atom. The average molecular weight is 1540 g/mol. The highest BCUT2D eigenvalue weighted by Gasteiger charge is 2.48. The third-order valence-corrected chi connectivity index (χ3v) is 24.5. The number of fused-ring (bicyclic) bond motifs is 10. The molecule has 21 rings (SSSR count). The maximum absolute atomic E-state index is 14.1. The molecular weight excluding hydrogens is 1480 g/mol. The molecule has 0 spiro atoms. The van der Waals surface area contributed by atoms with Crippen LogP contribution in [0.2, 0.25) is 0 Å². The first-order valence-corrected chi connectivity index (χ1v) is 39.6. The second-order valence-electron chi connectivity index (χ2n) is 30.2. The predicted molar refractivity (Wildman–Crippen MR) is 464 cm³/mol. The summed E-state index contributed by atoms with van der Waals surface area (Å²) in [6, 6.07) is 136. The lowest BCUT2D eigenvalue weighted by molar-refractivity contribution is -0.138. The van der Waals surface area contributed by atoms with Crippen LogP contribution >= 0.6 is 11.7 Å². The molecule has 0 radical (unpaired) electrons. The largest absolute Gasteiger partial charge is 0.416 e. The van der Waals surface area contributed by atoms with E-state index in [9.17, 15) is 26.3 Å². The number of aromatic nitrogens is 3. The molecule has 11 heteroatoms. The molecule has 19 aromatic rings. The molecule has 558 valence electrons. The van der Waals surface area contributed by atoms with Gasteiger partial charge in [-0.15, -0.1) is 0 Å². The summed E-state index contributed by atoms with van der Waals surface area (Å²) in [5, 5.41) is 2.17. The Labute approximate surface area is 675 Å². The van der Waals surface area contributed by atoms with Crippen LogP contribution in [0.15, 0.2) is 400 Å². The summed E-state index contributed by atoms with van der Waals surface area (Å²) in [5.74, 6) is 0. The molecule has 0 saturated heterocycles. The Bertz CT molecular complexity index is 6660. The summed E-state index contributed by atoms with van der Waals surface area (Å²) < 4.78 is 95.0. The lowest BCUT2D eigenvalue weighted by Gasteiger charge is -2.34. The molecule has 0 aliphatic heterocycles. The molecule has 2 aliphatic rings. The van der Waals surface area contributed by atoms with Crippen LogP contribution in [0.5, 0.6) is 0 Å². The fourth-order valence-corrected chi connectivity index (χ4v) is 19.1. The lowest BCUT2D eigenvalue weighted by Crippen LogP contribution is -2.28. The van der Waals surface area contributed by atoms with Gasteiger partial charge in [-0.1, -0.05) is 291 Å². The van der Waals surface area contributed by atoms with Gasteiger partial charge < -0.3 is 9.47 Å². The van der Waals surface area contributed by atoms with Gasteiger partial charge in [-0.2, -0.15) is 35.1 Å². The Morgan fingerprint density at radius 1 is 0.256 bits per heavy atom. The second-order valence-corrected chi connectivity index (χ2v) is 30.7. The molecule has 0 bridgehead atoms. The molecule has 17 aromatic carbocycles. The number of anilines is 3. The van der Waals surface area contributed by atoms with Crippen molar-refractivity contribution < 1.29 is 26.3 Å². The van der Waals surface area contributed by atoms with E-state index in [1.54, 1.807) is 24.3 Å². The maximum Gasteiger partial charge on any atom is 0.416 e. The zero-order chi connectivity index (χ0) is 78.7. The van der Waals surface area contributed by atoms with Crippen molar-refractivity contribution in [2.24, 2.45) is 0 Å². The van der Waals surface area contributed by atoms with Crippen molar-refractivity contribution in [3.8, 4) is 94.7 Å². The normalized spacial score (nSPS) is 13.2. The van der Waals surface area contributed by atoms with Gasteiger partial charge in [0.1, 0.15) is 11.0 Å². The van der Waals surface area contributed by atoms with Crippen LogP contribution in [0.1, 0.15) is 55.6 Å². The van der Waals surface area contributed by atoms with Crippen molar-refractivity contribution in [1.82, 2.24) is 13.3 Å². The fraction of sp³-hybridized carbons (Fsp3) is 0.0377. The van der Waals surface area contributed by atoms with Gasteiger partial charge in [-0.05, 0) is 237 Å². The van der Waals surface area contributed by atoms with Gasteiger partial charge in [0.25, 0.3) is 0 Å². The standard InChI is InChI=1S/C106H66F6N4S/c107-105(108,109)82-47-37-67(38-48-82)68-39-51-84(52-40-68)115(85-55-49-83(50-56-85)106(110,111)112)100-62-59-87(101-102(100)114-117-113-101)73-41-53-86(54-42-73)116-98-60-45-74(69-29-33-71(34-30-69)76-43-57-90-88-25-13-15-27-94(88)103(96(90)65-76,78-17-5-1-6-18-78)79-19-7-2-8-20-79)63-92(98)93-64-75(46-61-99(93)116)70-31-35-72(36-32-70)77-44-58-91-89-26-14-16-28-95(89)104(97(91)66-77,80-21-9-3-10-22-80)81-23-11-4-12-24-81/h1-66H. The monoisotopic (exact) mass is 1540 g/mol. The number of hydrogen-bond acceptors (Lipinski definition) is 4. The molecule has 0 atom stereocenters. The number of alkyl halides is 6. The minimum Gasteiger partial charge on any atom is -0.309 e. The van der Waals surface area contributed by atoms with Crippen molar-refractivity contribution in [3.05, 3.63) is 456 Å². The summed E-state index contributed by atoms with van der Waals surface area (Å²) >= 11 is 1.03. The van der Waals surface area contributed by atoms with Crippen LogP contribution in [-0.4, -0.2) is 13.3 Å². The predicted octanol–water partition coefficient (Wildman–Crippen LogP) is 29.0. The van der Waals surface area contributed by atoms with Crippen LogP contribution in [0.25, 0.3) is 128 Å². The van der Waals surface area contributed by atoms with Crippen LogP contribution in [0, 0.1) is 0 Å². The van der Waals surface area contributed by atoms with Gasteiger partial charge in [-0.25, -0.2) is 0 Å². The van der Waals surface area contributed by atoms with Crippen molar-refractivity contribution in [2.45, 2.75) is 23.2 Å². The molecule has 0 saturated carbocycles. The van der Waals surface area contributed by atoms with Gasteiger partial charge in [0.05, 0.1) is 50.4 Å². The van der Waals surface area contributed by atoms with E-state index in [1.807, 2.05) is 17.0 Å². The first kappa shape index (κ1) is 70.6.